The summed E-state index contributed by atoms with van der Waals surface area (Å²) in [6.07, 6.45) is 4.61. The van der Waals surface area contributed by atoms with Gasteiger partial charge in [0.05, 0.1) is 6.33 Å². The van der Waals surface area contributed by atoms with Crippen LogP contribution in [0.5, 0.6) is 0 Å². The number of rotatable bonds is 7. The molecule has 0 fully saturated rings. The number of H-pyrrole nitrogens is 2. The van der Waals surface area contributed by atoms with E-state index >= 15 is 0 Å². The normalized spacial score (nSPS) is 12.4. The number of benzene rings is 1. The van der Waals surface area contributed by atoms with Crippen molar-refractivity contribution in [1.29, 1.82) is 0 Å². The summed E-state index contributed by atoms with van der Waals surface area (Å²) < 4.78 is 0. The molecule has 0 saturated heterocycles. The summed E-state index contributed by atoms with van der Waals surface area (Å²) in [6.45, 7) is 2.43. The second kappa shape index (κ2) is 7.85. The van der Waals surface area contributed by atoms with E-state index in [1.807, 2.05) is 31.3 Å². The molecule has 8 nitrogen and oxygen atoms in total. The van der Waals surface area contributed by atoms with Gasteiger partial charge in [0, 0.05) is 36.1 Å². The highest BCUT2D eigenvalue weighted by Gasteiger charge is 2.12. The van der Waals surface area contributed by atoms with Gasteiger partial charge >= 0.3 is 0 Å². The number of anilines is 1. The zero-order valence-corrected chi connectivity index (χ0v) is 16.0. The third-order valence-corrected chi connectivity index (χ3v) is 4.68. The molecule has 0 saturated carbocycles. The third kappa shape index (κ3) is 3.91. The Labute approximate surface area is 166 Å². The highest BCUT2D eigenvalue weighted by molar-refractivity contribution is 6.28. The van der Waals surface area contributed by atoms with Gasteiger partial charge in [0.2, 0.25) is 11.2 Å². The van der Waals surface area contributed by atoms with Crippen LogP contribution in [0, 0.1) is 0 Å². The van der Waals surface area contributed by atoms with E-state index in [4.69, 9.17) is 11.6 Å². The molecule has 1 aromatic carbocycles. The summed E-state index contributed by atoms with van der Waals surface area (Å²) in [5.41, 5.74) is 3.45. The van der Waals surface area contributed by atoms with E-state index in [2.05, 4.69) is 41.6 Å². The van der Waals surface area contributed by atoms with Gasteiger partial charge in [0.1, 0.15) is 5.52 Å². The van der Waals surface area contributed by atoms with Crippen molar-refractivity contribution in [3.8, 4) is 0 Å². The van der Waals surface area contributed by atoms with E-state index in [0.29, 0.717) is 29.9 Å². The fraction of sp³-hybridized carbons (Fsp3) is 0.263. The molecule has 0 radical (unpaired) electrons. The van der Waals surface area contributed by atoms with Crippen molar-refractivity contribution in [1.82, 2.24) is 30.2 Å². The van der Waals surface area contributed by atoms with Gasteiger partial charge in [-0.15, -0.1) is 0 Å². The minimum atomic E-state index is -0.0270. The standard InChI is InChI=1S/C19H20ClN7O/c1-11(8-12-9-22-14-5-3-2-4-13(12)14)25-15(28)6-7-21-17-16-18(24-10-23-16)27-19(20)26-17/h2-5,9-11,22H,6-8H2,1H3,(H,25,28)(H2,21,23,24,26,27). The summed E-state index contributed by atoms with van der Waals surface area (Å²) in [6, 6.07) is 8.18. The molecular weight excluding hydrogens is 378 g/mol. The van der Waals surface area contributed by atoms with Crippen LogP contribution < -0.4 is 10.6 Å². The first-order valence-electron chi connectivity index (χ1n) is 9.05. The highest BCUT2D eigenvalue weighted by atomic mass is 35.5. The number of nitrogens with zero attached hydrogens (tertiary/aromatic N) is 3. The Morgan fingerprint density at radius 2 is 2.11 bits per heavy atom. The SMILES string of the molecule is CC(Cc1c[nH]c2ccccc12)NC(=O)CCNc1nc(Cl)nc2nc[nH]c12. The first-order valence-corrected chi connectivity index (χ1v) is 9.43. The molecule has 1 atom stereocenters. The van der Waals surface area contributed by atoms with Crippen molar-refractivity contribution >= 4 is 45.4 Å². The smallest absolute Gasteiger partial charge is 0.226 e. The second-order valence-corrected chi connectivity index (χ2v) is 6.99. The van der Waals surface area contributed by atoms with Crippen LogP contribution in [-0.2, 0) is 11.2 Å². The van der Waals surface area contributed by atoms with Crippen molar-refractivity contribution in [3.63, 3.8) is 0 Å². The third-order valence-electron chi connectivity index (χ3n) is 4.51. The molecule has 144 valence electrons. The van der Waals surface area contributed by atoms with Crippen LogP contribution in [0.25, 0.3) is 22.1 Å². The van der Waals surface area contributed by atoms with Crippen LogP contribution in [0.15, 0.2) is 36.8 Å². The summed E-state index contributed by atoms with van der Waals surface area (Å²) in [5, 5.41) is 7.46. The number of hydrogen-bond donors (Lipinski definition) is 4. The molecule has 4 aromatic rings. The Balaban J connectivity index is 1.30. The first kappa shape index (κ1) is 18.2. The maximum atomic E-state index is 12.3. The Bertz CT molecular complexity index is 1120. The van der Waals surface area contributed by atoms with E-state index in [9.17, 15) is 4.79 Å². The number of nitrogens with one attached hydrogen (secondary N) is 4. The van der Waals surface area contributed by atoms with Gasteiger partial charge in [-0.2, -0.15) is 9.97 Å². The Morgan fingerprint density at radius 1 is 1.25 bits per heavy atom. The van der Waals surface area contributed by atoms with Gasteiger partial charge in [0.25, 0.3) is 0 Å². The molecule has 3 aromatic heterocycles. The van der Waals surface area contributed by atoms with Gasteiger partial charge in [-0.05, 0) is 36.6 Å². The largest absolute Gasteiger partial charge is 0.368 e. The van der Waals surface area contributed by atoms with E-state index in [-0.39, 0.29) is 17.2 Å². The summed E-state index contributed by atoms with van der Waals surface area (Å²) >= 11 is 5.90. The number of para-hydroxylation sites is 1. The molecule has 9 heteroatoms. The number of amides is 1. The number of imidazole rings is 1. The number of aromatic amines is 2. The maximum Gasteiger partial charge on any atom is 0.226 e. The van der Waals surface area contributed by atoms with Gasteiger partial charge in [-0.1, -0.05) is 18.2 Å². The van der Waals surface area contributed by atoms with Crippen LogP contribution in [0.2, 0.25) is 5.28 Å². The molecule has 28 heavy (non-hydrogen) atoms. The average molecular weight is 398 g/mol. The molecular formula is C19H20ClN7O. The fourth-order valence-electron chi connectivity index (χ4n) is 3.26. The summed E-state index contributed by atoms with van der Waals surface area (Å²) in [5.74, 6) is 0.507. The average Bonchev–Trinajstić information content (AvgIpc) is 3.29. The lowest BCUT2D eigenvalue weighted by Gasteiger charge is -2.14. The summed E-state index contributed by atoms with van der Waals surface area (Å²) in [4.78, 5) is 30.7. The first-order chi connectivity index (χ1) is 13.6. The van der Waals surface area contributed by atoms with Crippen LogP contribution in [0.1, 0.15) is 18.9 Å². The fourth-order valence-corrected chi connectivity index (χ4v) is 3.42. The van der Waals surface area contributed by atoms with Crippen LogP contribution >= 0.6 is 11.6 Å². The molecule has 4 rings (SSSR count). The Hall–Kier alpha value is -3.13. The molecule has 1 amide bonds. The summed E-state index contributed by atoms with van der Waals surface area (Å²) in [7, 11) is 0. The quantitative estimate of drug-likeness (QED) is 0.358. The molecule has 0 aliphatic carbocycles. The molecule has 0 bridgehead atoms. The van der Waals surface area contributed by atoms with Crippen LogP contribution in [0.4, 0.5) is 5.82 Å². The number of carbonyl (C=O) groups excluding carboxylic acids is 1. The minimum Gasteiger partial charge on any atom is -0.368 e. The van der Waals surface area contributed by atoms with Gasteiger partial charge < -0.3 is 20.6 Å². The molecule has 0 aliphatic heterocycles. The van der Waals surface area contributed by atoms with E-state index in [1.54, 1.807) is 0 Å². The van der Waals surface area contributed by atoms with Gasteiger partial charge in [-0.25, -0.2) is 4.98 Å². The molecule has 3 heterocycles. The van der Waals surface area contributed by atoms with Crippen molar-refractivity contribution < 1.29 is 4.79 Å². The Morgan fingerprint density at radius 3 is 3.00 bits per heavy atom. The predicted molar refractivity (Wildman–Crippen MR) is 109 cm³/mol. The van der Waals surface area contributed by atoms with E-state index in [1.165, 1.54) is 17.3 Å². The van der Waals surface area contributed by atoms with Crippen molar-refractivity contribution in [2.75, 3.05) is 11.9 Å². The Kier molecular flexibility index (Phi) is 5.12. The van der Waals surface area contributed by atoms with E-state index < -0.39 is 0 Å². The van der Waals surface area contributed by atoms with Crippen molar-refractivity contribution in [2.24, 2.45) is 0 Å². The van der Waals surface area contributed by atoms with Crippen molar-refractivity contribution in [3.05, 3.63) is 47.6 Å². The molecule has 4 N–H and O–H groups in total. The number of halogens is 1. The highest BCUT2D eigenvalue weighted by Crippen LogP contribution is 2.20. The van der Waals surface area contributed by atoms with E-state index in [0.717, 1.165) is 11.9 Å². The number of carbonyl (C=O) groups is 1. The minimum absolute atomic E-state index is 0.0270. The number of fused-ring (bicyclic) bond motifs is 2. The molecule has 0 aliphatic rings. The zero-order valence-electron chi connectivity index (χ0n) is 15.3. The molecule has 1 unspecified atom stereocenters. The maximum absolute atomic E-state index is 12.3. The van der Waals surface area contributed by atoms with Crippen LogP contribution in [0.3, 0.4) is 0 Å². The number of hydrogen-bond acceptors (Lipinski definition) is 5. The lowest BCUT2D eigenvalue weighted by Crippen LogP contribution is -2.35. The predicted octanol–water partition coefficient (Wildman–Crippen LogP) is 3.04. The van der Waals surface area contributed by atoms with Gasteiger partial charge in [-0.3, -0.25) is 4.79 Å². The second-order valence-electron chi connectivity index (χ2n) is 6.65. The van der Waals surface area contributed by atoms with Gasteiger partial charge in [0.15, 0.2) is 11.5 Å². The van der Waals surface area contributed by atoms with Crippen molar-refractivity contribution in [2.45, 2.75) is 25.8 Å². The van der Waals surface area contributed by atoms with Crippen LogP contribution in [-0.4, -0.2) is 43.4 Å². The number of aromatic nitrogens is 5. The lowest BCUT2D eigenvalue weighted by atomic mass is 10.1. The lowest BCUT2D eigenvalue weighted by molar-refractivity contribution is -0.121. The monoisotopic (exact) mass is 397 g/mol. The zero-order chi connectivity index (χ0) is 19.5. The topological polar surface area (TPSA) is 111 Å². The molecule has 0 spiro atoms.